The maximum Gasteiger partial charge on any atom is 0.281 e. The van der Waals surface area contributed by atoms with Crippen molar-refractivity contribution in [1.29, 1.82) is 0 Å². The minimum Gasteiger partial charge on any atom is -0.369 e. The minimum absolute atomic E-state index is 0.503. The van der Waals surface area contributed by atoms with Crippen LogP contribution in [-0.2, 0) is 10.2 Å². The monoisotopic (exact) mass is 317 g/mol. The first-order valence-corrected chi connectivity index (χ1v) is 8.28. The van der Waals surface area contributed by atoms with Crippen LogP contribution in [0.2, 0.25) is 5.02 Å². The number of piperazine rings is 1. The van der Waals surface area contributed by atoms with Crippen LogP contribution in [0, 0.1) is 6.92 Å². The van der Waals surface area contributed by atoms with Crippen LogP contribution in [0.5, 0.6) is 0 Å². The van der Waals surface area contributed by atoms with Crippen LogP contribution in [0.3, 0.4) is 0 Å². The zero-order valence-corrected chi connectivity index (χ0v) is 13.6. The number of rotatable bonds is 3. The van der Waals surface area contributed by atoms with Gasteiger partial charge in [-0.1, -0.05) is 11.6 Å². The molecule has 112 valence electrons. The Morgan fingerprint density at radius 2 is 1.75 bits per heavy atom. The SMILES string of the molecule is Cc1cc(Cl)ccc1N1CCN(S(=O)(=O)N(C)C)CC1. The number of nitrogens with zero attached hydrogens (tertiary/aromatic N) is 3. The second kappa shape index (κ2) is 5.89. The van der Waals surface area contributed by atoms with E-state index in [0.29, 0.717) is 26.2 Å². The molecule has 1 fully saturated rings. The molecule has 0 aliphatic carbocycles. The lowest BCUT2D eigenvalue weighted by Crippen LogP contribution is -2.51. The fraction of sp³-hybridized carbons (Fsp3) is 0.538. The summed E-state index contributed by atoms with van der Waals surface area (Å²) >= 11 is 5.96. The van der Waals surface area contributed by atoms with Crippen molar-refractivity contribution in [3.05, 3.63) is 28.8 Å². The predicted molar refractivity (Wildman–Crippen MR) is 82.6 cm³/mol. The minimum atomic E-state index is -3.30. The molecule has 5 nitrogen and oxygen atoms in total. The van der Waals surface area contributed by atoms with Crippen LogP contribution in [0.15, 0.2) is 18.2 Å². The lowest BCUT2D eigenvalue weighted by atomic mass is 10.1. The molecule has 0 radical (unpaired) electrons. The van der Waals surface area contributed by atoms with Gasteiger partial charge >= 0.3 is 0 Å². The van der Waals surface area contributed by atoms with Crippen LogP contribution < -0.4 is 4.90 Å². The van der Waals surface area contributed by atoms with E-state index >= 15 is 0 Å². The van der Waals surface area contributed by atoms with Crippen molar-refractivity contribution >= 4 is 27.5 Å². The van der Waals surface area contributed by atoms with E-state index in [1.54, 1.807) is 14.1 Å². The van der Waals surface area contributed by atoms with Crippen molar-refractivity contribution in [2.24, 2.45) is 0 Å². The average Bonchev–Trinajstić information content (AvgIpc) is 2.38. The number of hydrogen-bond donors (Lipinski definition) is 0. The lowest BCUT2D eigenvalue weighted by molar-refractivity contribution is 0.355. The lowest BCUT2D eigenvalue weighted by Gasteiger charge is -2.37. The Kier molecular flexibility index (Phi) is 4.59. The Labute approximate surface area is 125 Å². The van der Waals surface area contributed by atoms with Gasteiger partial charge in [-0.3, -0.25) is 0 Å². The fourth-order valence-corrected chi connectivity index (χ4v) is 3.68. The first kappa shape index (κ1) is 15.6. The summed E-state index contributed by atoms with van der Waals surface area (Å²) in [5, 5.41) is 0.722. The van der Waals surface area contributed by atoms with Crippen molar-refractivity contribution in [1.82, 2.24) is 8.61 Å². The van der Waals surface area contributed by atoms with E-state index in [1.165, 1.54) is 8.61 Å². The smallest absolute Gasteiger partial charge is 0.281 e. The number of halogens is 1. The molecule has 1 aliphatic heterocycles. The molecular weight excluding hydrogens is 298 g/mol. The second-order valence-corrected chi connectivity index (χ2v) is 7.69. The highest BCUT2D eigenvalue weighted by atomic mass is 35.5. The largest absolute Gasteiger partial charge is 0.369 e. The van der Waals surface area contributed by atoms with Crippen LogP contribution in [0.4, 0.5) is 5.69 Å². The quantitative estimate of drug-likeness (QED) is 0.850. The van der Waals surface area contributed by atoms with Crippen molar-refractivity contribution in [3.8, 4) is 0 Å². The Morgan fingerprint density at radius 3 is 2.25 bits per heavy atom. The number of anilines is 1. The molecule has 0 saturated carbocycles. The van der Waals surface area contributed by atoms with E-state index < -0.39 is 10.2 Å². The first-order valence-electron chi connectivity index (χ1n) is 6.51. The zero-order chi connectivity index (χ0) is 14.9. The summed E-state index contributed by atoms with van der Waals surface area (Å²) in [6.07, 6.45) is 0. The molecule has 0 N–H and O–H groups in total. The van der Waals surface area contributed by atoms with E-state index in [1.807, 2.05) is 25.1 Å². The molecule has 2 rings (SSSR count). The molecule has 7 heteroatoms. The summed E-state index contributed by atoms with van der Waals surface area (Å²) in [7, 11) is -0.182. The molecule has 20 heavy (non-hydrogen) atoms. The highest BCUT2D eigenvalue weighted by Gasteiger charge is 2.28. The van der Waals surface area contributed by atoms with Gasteiger partial charge in [0.25, 0.3) is 10.2 Å². The molecular formula is C13H20ClN3O2S. The molecule has 0 aromatic heterocycles. The Morgan fingerprint density at radius 1 is 1.15 bits per heavy atom. The standard InChI is InChI=1S/C13H20ClN3O2S/c1-11-10-12(14)4-5-13(11)16-6-8-17(9-7-16)20(18,19)15(2)3/h4-5,10H,6-9H2,1-3H3. The van der Waals surface area contributed by atoms with Crippen molar-refractivity contribution in [2.75, 3.05) is 45.2 Å². The van der Waals surface area contributed by atoms with Crippen LogP contribution in [-0.4, -0.2) is 57.3 Å². The molecule has 1 aliphatic rings. The summed E-state index contributed by atoms with van der Waals surface area (Å²) in [5.41, 5.74) is 2.23. The maximum atomic E-state index is 12.1. The van der Waals surface area contributed by atoms with Crippen molar-refractivity contribution < 1.29 is 8.42 Å². The molecule has 1 saturated heterocycles. The van der Waals surface area contributed by atoms with Gasteiger partial charge in [0.1, 0.15) is 0 Å². The molecule has 0 spiro atoms. The van der Waals surface area contributed by atoms with Crippen LogP contribution in [0.25, 0.3) is 0 Å². The average molecular weight is 318 g/mol. The number of aryl methyl sites for hydroxylation is 1. The van der Waals surface area contributed by atoms with Gasteiger partial charge in [0.15, 0.2) is 0 Å². The van der Waals surface area contributed by atoms with Crippen molar-refractivity contribution in [2.45, 2.75) is 6.92 Å². The summed E-state index contributed by atoms with van der Waals surface area (Å²) in [6, 6.07) is 5.79. The predicted octanol–water partition coefficient (Wildman–Crippen LogP) is 1.58. The van der Waals surface area contributed by atoms with Gasteiger partial charge in [0.2, 0.25) is 0 Å². The van der Waals surface area contributed by atoms with Gasteiger partial charge in [-0.05, 0) is 30.7 Å². The van der Waals surface area contributed by atoms with Gasteiger partial charge in [0.05, 0.1) is 0 Å². The van der Waals surface area contributed by atoms with Crippen LogP contribution >= 0.6 is 11.6 Å². The number of hydrogen-bond acceptors (Lipinski definition) is 3. The molecule has 0 unspecified atom stereocenters. The fourth-order valence-electron chi connectivity index (χ4n) is 2.36. The maximum absolute atomic E-state index is 12.1. The number of benzene rings is 1. The summed E-state index contributed by atoms with van der Waals surface area (Å²) < 4.78 is 26.9. The molecule has 0 bridgehead atoms. The van der Waals surface area contributed by atoms with Crippen LogP contribution in [0.1, 0.15) is 5.56 Å². The highest BCUT2D eigenvalue weighted by Crippen LogP contribution is 2.25. The van der Waals surface area contributed by atoms with E-state index in [2.05, 4.69) is 4.90 Å². The third-order valence-corrected chi connectivity index (χ3v) is 5.70. The van der Waals surface area contributed by atoms with Gasteiger partial charge in [-0.2, -0.15) is 17.0 Å². The summed E-state index contributed by atoms with van der Waals surface area (Å²) in [5.74, 6) is 0. The Bertz CT molecular complexity index is 581. The Balaban J connectivity index is 2.08. The molecule has 1 aromatic carbocycles. The summed E-state index contributed by atoms with van der Waals surface area (Å²) in [6.45, 7) is 4.40. The zero-order valence-electron chi connectivity index (χ0n) is 12.0. The van der Waals surface area contributed by atoms with Gasteiger partial charge in [-0.25, -0.2) is 0 Å². The van der Waals surface area contributed by atoms with Crippen molar-refractivity contribution in [3.63, 3.8) is 0 Å². The normalized spacial score (nSPS) is 17.8. The van der Waals surface area contributed by atoms with E-state index in [4.69, 9.17) is 11.6 Å². The van der Waals surface area contributed by atoms with Gasteiger partial charge < -0.3 is 4.90 Å². The Hall–Kier alpha value is -0.820. The third kappa shape index (κ3) is 3.09. The van der Waals surface area contributed by atoms with Gasteiger partial charge in [0, 0.05) is 51.0 Å². The van der Waals surface area contributed by atoms with E-state index in [0.717, 1.165) is 16.3 Å². The van der Waals surface area contributed by atoms with Gasteiger partial charge in [-0.15, -0.1) is 0 Å². The topological polar surface area (TPSA) is 43.9 Å². The highest BCUT2D eigenvalue weighted by molar-refractivity contribution is 7.86. The molecule has 1 aromatic rings. The van der Waals surface area contributed by atoms with E-state index in [-0.39, 0.29) is 0 Å². The molecule has 1 heterocycles. The first-order chi connectivity index (χ1) is 9.32. The van der Waals surface area contributed by atoms with E-state index in [9.17, 15) is 8.42 Å². The third-order valence-electron chi connectivity index (χ3n) is 3.53. The molecule has 0 amide bonds. The molecule has 0 atom stereocenters. The second-order valence-electron chi connectivity index (χ2n) is 5.11. The summed E-state index contributed by atoms with van der Waals surface area (Å²) in [4.78, 5) is 2.20.